The minimum Gasteiger partial charge on any atom is -0.298 e. The Balaban J connectivity index is 5.33. The largest absolute Gasteiger partial charge is 0.298 e. The minimum absolute atomic E-state index is 1.16. The zero-order valence-corrected chi connectivity index (χ0v) is 20.5. The van der Waals surface area contributed by atoms with Gasteiger partial charge in [-0.3, -0.25) is 14.7 Å². The average Bonchev–Trinajstić information content (AvgIpc) is 2.56. The molecule has 26 heavy (non-hydrogen) atoms. The molecule has 0 aliphatic heterocycles. The molecule has 0 heterocycles. The zero-order chi connectivity index (χ0) is 19.8. The van der Waals surface area contributed by atoms with Crippen LogP contribution in [-0.2, 0) is 11.8 Å². The van der Waals surface area contributed by atoms with E-state index in [1.54, 1.807) is 0 Å². The van der Waals surface area contributed by atoms with Crippen molar-refractivity contribution in [2.45, 2.75) is 80.1 Å². The summed E-state index contributed by atoms with van der Waals surface area (Å²) in [5.41, 5.74) is 0. The van der Waals surface area contributed by atoms with Crippen LogP contribution in [0, 0.1) is 0 Å². The van der Waals surface area contributed by atoms with Crippen molar-refractivity contribution in [1.82, 2.24) is 14.7 Å². The molecular weight excluding hydrogens is 357 g/mol. The van der Waals surface area contributed by atoms with Crippen molar-refractivity contribution in [2.75, 3.05) is 58.1 Å². The molecule has 0 aliphatic carbocycles. The molecule has 5 heteroatoms. The first-order valence-electron chi connectivity index (χ1n) is 11.2. The van der Waals surface area contributed by atoms with Crippen LogP contribution in [-0.4, -0.2) is 72.8 Å². The molecule has 158 valence electrons. The molecular formula is C21H48N3PS. The predicted octanol–water partition coefficient (Wildman–Crippen LogP) is 5.70. The fraction of sp³-hybridized carbons (Fsp3) is 1.00. The highest BCUT2D eigenvalue weighted by molar-refractivity contribution is 8.14. The molecule has 0 saturated heterocycles. The molecule has 0 N–H and O–H groups in total. The van der Waals surface area contributed by atoms with Crippen molar-refractivity contribution in [3.8, 4) is 0 Å². The summed E-state index contributed by atoms with van der Waals surface area (Å²) in [6, 6.07) is -1.45. The third-order valence-electron chi connectivity index (χ3n) is 4.61. The van der Waals surface area contributed by atoms with Gasteiger partial charge >= 0.3 is 0 Å². The van der Waals surface area contributed by atoms with Gasteiger partial charge in [0.2, 0.25) is 0 Å². The Morgan fingerprint density at radius 3 is 0.808 bits per heavy atom. The SMILES string of the molecule is CCCN(CCC)CP(=S)(CN(CCC)CCC)CN(CCC)CCC. The van der Waals surface area contributed by atoms with Crippen LogP contribution in [0.3, 0.4) is 0 Å². The van der Waals surface area contributed by atoms with Crippen LogP contribution in [0.15, 0.2) is 0 Å². The molecule has 3 nitrogen and oxygen atoms in total. The van der Waals surface area contributed by atoms with Crippen LogP contribution in [0.1, 0.15) is 80.1 Å². The van der Waals surface area contributed by atoms with E-state index in [2.05, 4.69) is 56.2 Å². The smallest absolute Gasteiger partial charge is 0.0298 e. The molecule has 0 saturated carbocycles. The molecule has 0 fully saturated rings. The van der Waals surface area contributed by atoms with E-state index in [0.29, 0.717) is 0 Å². The predicted molar refractivity (Wildman–Crippen MR) is 125 cm³/mol. The lowest BCUT2D eigenvalue weighted by Gasteiger charge is -2.37. The average molecular weight is 406 g/mol. The van der Waals surface area contributed by atoms with Gasteiger partial charge in [-0.2, -0.15) is 0 Å². The van der Waals surface area contributed by atoms with Crippen LogP contribution in [0.2, 0.25) is 0 Å². The number of hydrogen-bond acceptors (Lipinski definition) is 4. The van der Waals surface area contributed by atoms with Crippen molar-refractivity contribution >= 4 is 17.8 Å². The Hall–Kier alpha value is 0.530. The van der Waals surface area contributed by atoms with Crippen LogP contribution in [0.4, 0.5) is 0 Å². The Kier molecular flexibility index (Phi) is 16.8. The van der Waals surface area contributed by atoms with Gasteiger partial charge in [-0.25, -0.2) is 0 Å². The second kappa shape index (κ2) is 16.5. The lowest BCUT2D eigenvalue weighted by Crippen LogP contribution is -2.36. The highest BCUT2D eigenvalue weighted by Gasteiger charge is 2.25. The lowest BCUT2D eigenvalue weighted by atomic mass is 10.4. The molecule has 0 aromatic heterocycles. The van der Waals surface area contributed by atoms with Crippen LogP contribution in [0.5, 0.6) is 0 Å². The summed E-state index contributed by atoms with van der Waals surface area (Å²) in [5, 5.41) is 0. The summed E-state index contributed by atoms with van der Waals surface area (Å²) >= 11 is 6.50. The van der Waals surface area contributed by atoms with E-state index < -0.39 is 6.04 Å². The quantitative estimate of drug-likeness (QED) is 0.270. The number of hydrogen-bond donors (Lipinski definition) is 0. The third kappa shape index (κ3) is 12.1. The fourth-order valence-electron chi connectivity index (χ4n) is 3.88. The molecule has 0 aromatic carbocycles. The van der Waals surface area contributed by atoms with Crippen LogP contribution in [0.25, 0.3) is 0 Å². The number of nitrogens with zero attached hydrogens (tertiary/aromatic N) is 3. The summed E-state index contributed by atoms with van der Waals surface area (Å²) in [6.45, 7) is 21.0. The summed E-state index contributed by atoms with van der Waals surface area (Å²) in [5.74, 6) is 0. The van der Waals surface area contributed by atoms with Crippen LogP contribution < -0.4 is 0 Å². The summed E-state index contributed by atoms with van der Waals surface area (Å²) in [7, 11) is 0. The maximum Gasteiger partial charge on any atom is 0.0298 e. The van der Waals surface area contributed by atoms with Crippen molar-refractivity contribution in [3.05, 3.63) is 0 Å². The molecule has 0 bridgehead atoms. The van der Waals surface area contributed by atoms with Crippen molar-refractivity contribution in [2.24, 2.45) is 0 Å². The van der Waals surface area contributed by atoms with Gasteiger partial charge < -0.3 is 0 Å². The van der Waals surface area contributed by atoms with Crippen molar-refractivity contribution < 1.29 is 0 Å². The second-order valence-electron chi connectivity index (χ2n) is 7.84. The van der Waals surface area contributed by atoms with E-state index in [-0.39, 0.29) is 0 Å². The lowest BCUT2D eigenvalue weighted by molar-refractivity contribution is 0.289. The van der Waals surface area contributed by atoms with Gasteiger partial charge in [-0.1, -0.05) is 53.3 Å². The molecule has 0 radical (unpaired) electrons. The molecule has 0 aliphatic rings. The topological polar surface area (TPSA) is 9.72 Å². The maximum absolute atomic E-state index is 6.50. The Bertz CT molecular complexity index is 295. The maximum atomic E-state index is 6.50. The van der Waals surface area contributed by atoms with Gasteiger partial charge in [0.15, 0.2) is 0 Å². The molecule has 0 atom stereocenters. The highest BCUT2D eigenvalue weighted by atomic mass is 32.4. The van der Waals surface area contributed by atoms with E-state index in [1.165, 1.54) is 77.8 Å². The minimum atomic E-state index is -1.45. The first kappa shape index (κ1) is 26.5. The third-order valence-corrected chi connectivity index (χ3v) is 8.40. The molecule has 0 spiro atoms. The Labute approximate surface area is 170 Å². The van der Waals surface area contributed by atoms with Gasteiger partial charge in [0.25, 0.3) is 0 Å². The van der Waals surface area contributed by atoms with E-state index in [4.69, 9.17) is 11.8 Å². The fourth-order valence-corrected chi connectivity index (χ4v) is 8.66. The monoisotopic (exact) mass is 405 g/mol. The standard InChI is InChI=1S/C21H48N3PS/c1-7-13-22(14-8-2)19-25(26,20-23(15-9-3)16-10-4)21-24(17-11-5)18-12-6/h7-21H2,1-6H3. The molecule has 0 aromatic rings. The van der Waals surface area contributed by atoms with E-state index in [1.807, 2.05) is 0 Å². The normalized spacial score (nSPS) is 12.7. The van der Waals surface area contributed by atoms with Gasteiger partial charge in [0.1, 0.15) is 0 Å². The molecule has 0 rings (SSSR count). The van der Waals surface area contributed by atoms with Gasteiger partial charge in [-0.15, -0.1) is 0 Å². The molecule has 0 amide bonds. The van der Waals surface area contributed by atoms with Crippen molar-refractivity contribution in [1.29, 1.82) is 0 Å². The second-order valence-corrected chi connectivity index (χ2v) is 13.1. The highest BCUT2D eigenvalue weighted by Crippen LogP contribution is 2.48. The van der Waals surface area contributed by atoms with Gasteiger partial charge in [-0.05, 0) is 83.8 Å². The zero-order valence-electron chi connectivity index (χ0n) is 18.8. The number of rotatable bonds is 18. The van der Waals surface area contributed by atoms with Crippen molar-refractivity contribution in [3.63, 3.8) is 0 Å². The first-order valence-corrected chi connectivity index (χ1v) is 14.6. The summed E-state index contributed by atoms with van der Waals surface area (Å²) < 4.78 is 0. The Morgan fingerprint density at radius 1 is 0.462 bits per heavy atom. The van der Waals surface area contributed by atoms with Gasteiger partial charge in [0.05, 0.1) is 0 Å². The first-order chi connectivity index (χ1) is 12.5. The van der Waals surface area contributed by atoms with E-state index in [0.717, 1.165) is 18.9 Å². The van der Waals surface area contributed by atoms with E-state index >= 15 is 0 Å². The Morgan fingerprint density at radius 2 is 0.654 bits per heavy atom. The van der Waals surface area contributed by atoms with Crippen LogP contribution >= 0.6 is 6.04 Å². The molecule has 0 unspecified atom stereocenters. The van der Waals surface area contributed by atoms with Gasteiger partial charge in [0, 0.05) is 18.9 Å². The summed E-state index contributed by atoms with van der Waals surface area (Å²) in [4.78, 5) is 8.02. The van der Waals surface area contributed by atoms with E-state index in [9.17, 15) is 0 Å². The summed E-state index contributed by atoms with van der Waals surface area (Å²) in [6.07, 6.45) is 10.9.